The fourth-order valence-electron chi connectivity index (χ4n) is 4.19. The lowest BCUT2D eigenvalue weighted by atomic mass is 10.0. The minimum atomic E-state index is -0.223. The second-order valence-corrected chi connectivity index (χ2v) is 8.22. The predicted molar refractivity (Wildman–Crippen MR) is 122 cm³/mol. The first-order valence-electron chi connectivity index (χ1n) is 10.5. The summed E-state index contributed by atoms with van der Waals surface area (Å²) in [7, 11) is 4.29. The monoisotopic (exact) mass is 433 g/mol. The molecule has 2 aromatic heterocycles. The third-order valence-electron chi connectivity index (χ3n) is 6.04. The van der Waals surface area contributed by atoms with Crippen LogP contribution < -0.4 is 15.5 Å². The largest absolute Gasteiger partial charge is 0.370 e. The van der Waals surface area contributed by atoms with Gasteiger partial charge in [0.1, 0.15) is 5.82 Å². The predicted octanol–water partition coefficient (Wildman–Crippen LogP) is 2.41. The molecule has 0 aliphatic carbocycles. The Morgan fingerprint density at radius 3 is 2.63 bits per heavy atom. The highest BCUT2D eigenvalue weighted by atomic mass is 35.5. The van der Waals surface area contributed by atoms with Crippen molar-refractivity contribution in [2.24, 2.45) is 0 Å². The van der Waals surface area contributed by atoms with Crippen molar-refractivity contribution >= 4 is 29.8 Å². The number of carbonyl (C=O) groups excluding carboxylic acids is 1. The summed E-state index contributed by atoms with van der Waals surface area (Å²) in [5, 5.41) is 10.7. The Bertz CT molecular complexity index is 809. The van der Waals surface area contributed by atoms with Gasteiger partial charge in [-0.25, -0.2) is 4.98 Å². The first kappa shape index (κ1) is 22.5. The van der Waals surface area contributed by atoms with Crippen LogP contribution in [0.2, 0.25) is 0 Å². The van der Waals surface area contributed by atoms with Crippen LogP contribution in [0.1, 0.15) is 42.2 Å². The van der Waals surface area contributed by atoms with Crippen LogP contribution >= 0.6 is 12.4 Å². The Morgan fingerprint density at radius 2 is 2.00 bits per heavy atom. The molecule has 2 fully saturated rings. The summed E-state index contributed by atoms with van der Waals surface area (Å²) < 4.78 is 1.90. The lowest BCUT2D eigenvalue weighted by Gasteiger charge is -2.36. The maximum absolute atomic E-state index is 12.5. The molecule has 30 heavy (non-hydrogen) atoms. The minimum Gasteiger partial charge on any atom is -0.370 e. The van der Waals surface area contributed by atoms with Gasteiger partial charge in [-0.2, -0.15) is 5.10 Å². The molecule has 8 nitrogen and oxygen atoms in total. The molecule has 2 aliphatic heterocycles. The van der Waals surface area contributed by atoms with Gasteiger partial charge in [0.25, 0.3) is 5.91 Å². The van der Waals surface area contributed by atoms with Gasteiger partial charge >= 0.3 is 0 Å². The highest BCUT2D eigenvalue weighted by Gasteiger charge is 2.21. The maximum atomic E-state index is 12.5. The smallest absolute Gasteiger partial charge is 0.277 e. The molecule has 2 aromatic rings. The number of carbonyl (C=O) groups is 1. The average molecular weight is 434 g/mol. The second kappa shape index (κ2) is 10.2. The van der Waals surface area contributed by atoms with Crippen molar-refractivity contribution in [3.63, 3.8) is 0 Å². The van der Waals surface area contributed by atoms with E-state index in [2.05, 4.69) is 44.6 Å². The third-order valence-corrected chi connectivity index (χ3v) is 6.04. The standard InChI is InChI=1S/C21H31N7O.ClH/c1-26(2)16-7-11-27(12-8-16)17-5-6-20(23-15-17)24-21(29)19-9-13-28(25-19)18-4-3-10-22-14-18;/h5-6,9,13,15-16,18,22H,3-4,7-8,10-12,14H2,1-2H3,(H,23,24,29);1H. The Hall–Kier alpha value is -2.16. The highest BCUT2D eigenvalue weighted by molar-refractivity contribution is 6.02. The Morgan fingerprint density at radius 1 is 1.20 bits per heavy atom. The summed E-state index contributed by atoms with van der Waals surface area (Å²) in [5.41, 5.74) is 1.53. The Kier molecular flexibility index (Phi) is 7.69. The van der Waals surface area contributed by atoms with E-state index in [0.717, 1.165) is 57.5 Å². The van der Waals surface area contributed by atoms with E-state index in [1.54, 1.807) is 6.07 Å². The van der Waals surface area contributed by atoms with Gasteiger partial charge in [-0.15, -0.1) is 12.4 Å². The van der Waals surface area contributed by atoms with E-state index in [0.29, 0.717) is 23.6 Å². The van der Waals surface area contributed by atoms with Crippen LogP contribution in [0.25, 0.3) is 0 Å². The fourth-order valence-corrected chi connectivity index (χ4v) is 4.19. The second-order valence-electron chi connectivity index (χ2n) is 8.22. The minimum absolute atomic E-state index is 0. The molecular formula is C21H32ClN7O. The van der Waals surface area contributed by atoms with Crippen molar-refractivity contribution in [1.82, 2.24) is 25.0 Å². The molecule has 0 aromatic carbocycles. The summed E-state index contributed by atoms with van der Waals surface area (Å²) in [4.78, 5) is 21.6. The number of nitrogens with one attached hydrogen (secondary N) is 2. The van der Waals surface area contributed by atoms with Gasteiger partial charge in [0.05, 0.1) is 17.9 Å². The first-order chi connectivity index (χ1) is 14.1. The Balaban J connectivity index is 0.00000256. The lowest BCUT2D eigenvalue weighted by Crippen LogP contribution is -2.42. The fraction of sp³-hybridized carbons (Fsp3) is 0.571. The molecule has 2 aliphatic rings. The number of hydrogen-bond donors (Lipinski definition) is 2. The van der Waals surface area contributed by atoms with Crippen molar-refractivity contribution in [2.45, 2.75) is 37.8 Å². The van der Waals surface area contributed by atoms with E-state index in [9.17, 15) is 4.79 Å². The number of halogens is 1. The normalized spacial score (nSPS) is 20.1. The van der Waals surface area contributed by atoms with E-state index in [-0.39, 0.29) is 18.3 Å². The molecule has 4 heterocycles. The van der Waals surface area contributed by atoms with E-state index < -0.39 is 0 Å². The van der Waals surface area contributed by atoms with Gasteiger partial charge in [0, 0.05) is 31.9 Å². The molecule has 164 valence electrons. The molecule has 1 amide bonds. The third kappa shape index (κ3) is 5.30. The van der Waals surface area contributed by atoms with Gasteiger partial charge in [-0.3, -0.25) is 9.48 Å². The van der Waals surface area contributed by atoms with Crippen LogP contribution in [0.3, 0.4) is 0 Å². The summed E-state index contributed by atoms with van der Waals surface area (Å²) >= 11 is 0. The van der Waals surface area contributed by atoms with Crippen LogP contribution in [0.5, 0.6) is 0 Å². The molecule has 9 heteroatoms. The molecule has 2 N–H and O–H groups in total. The number of hydrogen-bond acceptors (Lipinski definition) is 6. The molecule has 0 spiro atoms. The number of rotatable bonds is 5. The number of amides is 1. The van der Waals surface area contributed by atoms with E-state index >= 15 is 0 Å². The molecule has 0 saturated carbocycles. The molecule has 4 rings (SSSR count). The lowest BCUT2D eigenvalue weighted by molar-refractivity contribution is 0.102. The van der Waals surface area contributed by atoms with Crippen LogP contribution in [0, 0.1) is 0 Å². The van der Waals surface area contributed by atoms with E-state index in [1.165, 1.54) is 0 Å². The van der Waals surface area contributed by atoms with Crippen molar-refractivity contribution in [1.29, 1.82) is 0 Å². The molecule has 1 unspecified atom stereocenters. The summed E-state index contributed by atoms with van der Waals surface area (Å²) in [5.74, 6) is 0.329. The first-order valence-corrected chi connectivity index (χ1v) is 10.5. The summed E-state index contributed by atoms with van der Waals surface area (Å²) in [6, 6.07) is 6.65. The summed E-state index contributed by atoms with van der Waals surface area (Å²) in [6.45, 7) is 4.02. The summed E-state index contributed by atoms with van der Waals surface area (Å²) in [6.07, 6.45) is 8.27. The van der Waals surface area contributed by atoms with Crippen molar-refractivity contribution in [2.75, 3.05) is 50.5 Å². The number of piperidine rings is 2. The zero-order chi connectivity index (χ0) is 20.2. The SMILES string of the molecule is CN(C)C1CCN(c2ccc(NC(=O)c3ccn(C4CCCNC4)n3)nc2)CC1.Cl. The Labute approximate surface area is 184 Å². The van der Waals surface area contributed by atoms with Crippen molar-refractivity contribution in [3.05, 3.63) is 36.3 Å². The zero-order valence-corrected chi connectivity index (χ0v) is 18.6. The topological polar surface area (TPSA) is 78.3 Å². The van der Waals surface area contributed by atoms with Gasteiger partial charge in [-0.05, 0) is 64.5 Å². The van der Waals surface area contributed by atoms with Crippen LogP contribution in [0.15, 0.2) is 30.6 Å². The van der Waals surface area contributed by atoms with Gasteiger partial charge in [0.2, 0.25) is 0 Å². The maximum Gasteiger partial charge on any atom is 0.277 e. The quantitative estimate of drug-likeness (QED) is 0.753. The van der Waals surface area contributed by atoms with Crippen LogP contribution in [0.4, 0.5) is 11.5 Å². The zero-order valence-electron chi connectivity index (χ0n) is 17.8. The van der Waals surface area contributed by atoms with E-state index in [1.807, 2.05) is 29.2 Å². The molecule has 0 radical (unpaired) electrons. The van der Waals surface area contributed by atoms with E-state index in [4.69, 9.17) is 0 Å². The highest BCUT2D eigenvalue weighted by Crippen LogP contribution is 2.22. The van der Waals surface area contributed by atoms with Gasteiger partial charge < -0.3 is 20.4 Å². The molecular weight excluding hydrogens is 402 g/mol. The number of nitrogens with zero attached hydrogens (tertiary/aromatic N) is 5. The van der Waals surface area contributed by atoms with Crippen LogP contribution in [-0.4, -0.2) is 71.9 Å². The molecule has 2 saturated heterocycles. The number of anilines is 2. The molecule has 1 atom stereocenters. The molecule has 0 bridgehead atoms. The van der Waals surface area contributed by atoms with Crippen molar-refractivity contribution < 1.29 is 4.79 Å². The van der Waals surface area contributed by atoms with Crippen LogP contribution in [-0.2, 0) is 0 Å². The number of aromatic nitrogens is 3. The van der Waals surface area contributed by atoms with Crippen molar-refractivity contribution in [3.8, 4) is 0 Å². The van der Waals surface area contributed by atoms with Gasteiger partial charge in [0.15, 0.2) is 5.69 Å². The van der Waals surface area contributed by atoms with Gasteiger partial charge in [-0.1, -0.05) is 0 Å². The average Bonchev–Trinajstić information content (AvgIpc) is 3.26. The number of pyridine rings is 1.